The zero-order valence-corrected chi connectivity index (χ0v) is 23.4. The second-order valence-electron chi connectivity index (χ2n) is 10.8. The van der Waals surface area contributed by atoms with Gasteiger partial charge in [-0.05, 0) is 73.7 Å². The SMILES string of the molecule is CC1CN(c2ncccc2C(=O)NS(=O)(=O)c2cccc(NC(C)c3cccc4ccccc34)n2)C(C)(C)C1. The van der Waals surface area contributed by atoms with E-state index in [0.717, 1.165) is 29.3 Å². The van der Waals surface area contributed by atoms with E-state index in [1.54, 1.807) is 30.5 Å². The van der Waals surface area contributed by atoms with Crippen molar-refractivity contribution >= 4 is 38.3 Å². The van der Waals surface area contributed by atoms with Crippen molar-refractivity contribution in [2.24, 2.45) is 5.92 Å². The van der Waals surface area contributed by atoms with Gasteiger partial charge in [-0.15, -0.1) is 0 Å². The van der Waals surface area contributed by atoms with Crippen LogP contribution in [0.1, 0.15) is 56.1 Å². The van der Waals surface area contributed by atoms with Gasteiger partial charge in [0.25, 0.3) is 15.9 Å². The molecule has 2 atom stereocenters. The maximum Gasteiger partial charge on any atom is 0.281 e. The van der Waals surface area contributed by atoms with Crippen LogP contribution in [-0.2, 0) is 10.0 Å². The summed E-state index contributed by atoms with van der Waals surface area (Å²) in [6.45, 7) is 9.09. The molecule has 1 fully saturated rings. The summed E-state index contributed by atoms with van der Waals surface area (Å²) in [5.74, 6) is 0.558. The normalized spacial score (nSPS) is 17.6. The van der Waals surface area contributed by atoms with Crippen LogP contribution in [-0.4, -0.2) is 36.4 Å². The predicted molar refractivity (Wildman–Crippen MR) is 154 cm³/mol. The third-order valence-corrected chi connectivity index (χ3v) is 8.47. The molecule has 5 rings (SSSR count). The highest BCUT2D eigenvalue weighted by Gasteiger charge is 2.39. The van der Waals surface area contributed by atoms with Gasteiger partial charge in [0.1, 0.15) is 11.6 Å². The molecule has 1 saturated heterocycles. The van der Waals surface area contributed by atoms with Crippen LogP contribution in [0, 0.1) is 5.92 Å². The monoisotopic (exact) mass is 543 g/mol. The van der Waals surface area contributed by atoms with Crippen molar-refractivity contribution in [1.82, 2.24) is 14.7 Å². The van der Waals surface area contributed by atoms with Crippen LogP contribution >= 0.6 is 0 Å². The number of hydrogen-bond acceptors (Lipinski definition) is 7. The molecule has 4 aromatic rings. The van der Waals surface area contributed by atoms with E-state index in [9.17, 15) is 13.2 Å². The van der Waals surface area contributed by atoms with E-state index >= 15 is 0 Å². The molecular formula is C30H33N5O3S. The highest BCUT2D eigenvalue weighted by atomic mass is 32.2. The number of carbonyl (C=O) groups is 1. The number of rotatable bonds is 7. The lowest BCUT2D eigenvalue weighted by Gasteiger charge is -2.33. The molecule has 2 N–H and O–H groups in total. The third-order valence-electron chi connectivity index (χ3n) is 7.24. The van der Waals surface area contributed by atoms with E-state index in [2.05, 4.69) is 63.9 Å². The van der Waals surface area contributed by atoms with Gasteiger partial charge in [0.2, 0.25) is 0 Å². The van der Waals surface area contributed by atoms with Gasteiger partial charge in [-0.25, -0.2) is 14.7 Å². The molecule has 2 aromatic heterocycles. The molecule has 1 amide bonds. The Morgan fingerprint density at radius 3 is 2.54 bits per heavy atom. The number of amides is 1. The van der Waals surface area contributed by atoms with E-state index in [1.165, 1.54) is 6.07 Å². The van der Waals surface area contributed by atoms with Crippen molar-refractivity contribution in [3.8, 4) is 0 Å². The molecule has 0 bridgehead atoms. The van der Waals surface area contributed by atoms with Crippen LogP contribution in [0.15, 0.2) is 84.0 Å². The van der Waals surface area contributed by atoms with E-state index in [1.807, 2.05) is 31.2 Å². The molecular weight excluding hydrogens is 510 g/mol. The van der Waals surface area contributed by atoms with Crippen molar-refractivity contribution in [2.45, 2.75) is 50.7 Å². The summed E-state index contributed by atoms with van der Waals surface area (Å²) in [7, 11) is -4.24. The van der Waals surface area contributed by atoms with Crippen molar-refractivity contribution in [3.63, 3.8) is 0 Å². The lowest BCUT2D eigenvalue weighted by atomic mass is 9.97. The molecule has 2 unspecified atom stereocenters. The number of nitrogens with one attached hydrogen (secondary N) is 2. The quantitative estimate of drug-likeness (QED) is 0.315. The van der Waals surface area contributed by atoms with Crippen LogP contribution in [0.5, 0.6) is 0 Å². The standard InChI is InChI=1S/C30H33N5O3S/c1-20-18-30(3,4)35(19-20)28-25(14-9-17-31-28)29(36)34-39(37,38)27-16-8-15-26(33-27)32-21(2)23-13-7-11-22-10-5-6-12-24(22)23/h5-17,20-21H,18-19H2,1-4H3,(H,32,33)(H,34,36). The summed E-state index contributed by atoms with van der Waals surface area (Å²) in [5.41, 5.74) is 1.08. The summed E-state index contributed by atoms with van der Waals surface area (Å²) in [6.07, 6.45) is 2.57. The molecule has 0 saturated carbocycles. The zero-order valence-electron chi connectivity index (χ0n) is 22.5. The van der Waals surface area contributed by atoms with Crippen LogP contribution in [0.2, 0.25) is 0 Å². The minimum atomic E-state index is -4.24. The van der Waals surface area contributed by atoms with Crippen LogP contribution in [0.25, 0.3) is 10.8 Å². The average Bonchev–Trinajstić information content (AvgIpc) is 3.19. The molecule has 1 aliphatic rings. The Morgan fingerprint density at radius 2 is 1.77 bits per heavy atom. The number of nitrogens with zero attached hydrogens (tertiary/aromatic N) is 3. The smallest absolute Gasteiger partial charge is 0.281 e. The van der Waals surface area contributed by atoms with Crippen LogP contribution < -0.4 is 14.9 Å². The highest BCUT2D eigenvalue weighted by Crippen LogP contribution is 2.37. The molecule has 0 radical (unpaired) electrons. The van der Waals surface area contributed by atoms with Crippen LogP contribution in [0.4, 0.5) is 11.6 Å². The summed E-state index contributed by atoms with van der Waals surface area (Å²) >= 11 is 0. The number of anilines is 2. The van der Waals surface area contributed by atoms with E-state index in [0.29, 0.717) is 17.6 Å². The summed E-state index contributed by atoms with van der Waals surface area (Å²) in [6, 6.07) is 22.0. The first-order chi connectivity index (χ1) is 18.5. The maximum absolute atomic E-state index is 13.3. The minimum Gasteiger partial charge on any atom is -0.363 e. The fraction of sp³-hybridized carbons (Fsp3) is 0.300. The summed E-state index contributed by atoms with van der Waals surface area (Å²) in [4.78, 5) is 24.1. The van der Waals surface area contributed by atoms with E-state index in [-0.39, 0.29) is 22.2 Å². The van der Waals surface area contributed by atoms with E-state index < -0.39 is 15.9 Å². The number of sulfonamides is 1. The van der Waals surface area contributed by atoms with Crippen molar-refractivity contribution in [1.29, 1.82) is 0 Å². The minimum absolute atomic E-state index is 0.139. The molecule has 1 aliphatic heterocycles. The number of aromatic nitrogens is 2. The Labute approximate surface area is 229 Å². The van der Waals surface area contributed by atoms with Crippen molar-refractivity contribution in [2.75, 3.05) is 16.8 Å². The summed E-state index contributed by atoms with van der Waals surface area (Å²) < 4.78 is 28.7. The fourth-order valence-electron chi connectivity index (χ4n) is 5.55. The molecule has 0 aliphatic carbocycles. The Bertz CT molecular complexity index is 1630. The van der Waals surface area contributed by atoms with Gasteiger partial charge in [0.15, 0.2) is 5.03 Å². The molecule has 39 heavy (non-hydrogen) atoms. The molecule has 3 heterocycles. The molecule has 0 spiro atoms. The first-order valence-electron chi connectivity index (χ1n) is 13.1. The van der Waals surface area contributed by atoms with Gasteiger partial charge < -0.3 is 10.2 Å². The largest absolute Gasteiger partial charge is 0.363 e. The third kappa shape index (κ3) is 5.45. The molecule has 2 aromatic carbocycles. The van der Waals surface area contributed by atoms with Crippen molar-refractivity contribution in [3.05, 3.63) is 90.1 Å². The van der Waals surface area contributed by atoms with Crippen molar-refractivity contribution < 1.29 is 13.2 Å². The Kier molecular flexibility index (Phi) is 7.03. The maximum atomic E-state index is 13.3. The van der Waals surface area contributed by atoms with Gasteiger partial charge in [-0.3, -0.25) is 4.79 Å². The number of benzene rings is 2. The van der Waals surface area contributed by atoms with Gasteiger partial charge >= 0.3 is 0 Å². The average molecular weight is 544 g/mol. The second kappa shape index (κ2) is 10.3. The summed E-state index contributed by atoms with van der Waals surface area (Å²) in [5, 5.41) is 5.29. The molecule has 8 nitrogen and oxygen atoms in total. The van der Waals surface area contributed by atoms with E-state index in [4.69, 9.17) is 0 Å². The Morgan fingerprint density at radius 1 is 1.03 bits per heavy atom. The number of hydrogen-bond donors (Lipinski definition) is 2. The fourth-order valence-corrected chi connectivity index (χ4v) is 6.49. The Hall–Kier alpha value is -3.98. The number of pyridine rings is 2. The van der Waals surface area contributed by atoms with Gasteiger partial charge in [-0.1, -0.05) is 55.5 Å². The van der Waals surface area contributed by atoms with Gasteiger partial charge in [0.05, 0.1) is 11.6 Å². The van der Waals surface area contributed by atoms with Gasteiger partial charge in [0, 0.05) is 18.3 Å². The second-order valence-corrected chi connectivity index (χ2v) is 12.5. The number of fused-ring (bicyclic) bond motifs is 1. The first-order valence-corrected chi connectivity index (χ1v) is 14.5. The topological polar surface area (TPSA) is 104 Å². The Balaban J connectivity index is 1.37. The molecule has 9 heteroatoms. The first kappa shape index (κ1) is 26.6. The molecule has 202 valence electrons. The lowest BCUT2D eigenvalue weighted by molar-refractivity contribution is 0.0981. The van der Waals surface area contributed by atoms with Crippen LogP contribution in [0.3, 0.4) is 0 Å². The lowest BCUT2D eigenvalue weighted by Crippen LogP contribution is -2.41. The zero-order chi connectivity index (χ0) is 27.8. The highest BCUT2D eigenvalue weighted by molar-refractivity contribution is 7.90. The number of carbonyl (C=O) groups excluding carboxylic acids is 1. The van der Waals surface area contributed by atoms with Gasteiger partial charge in [-0.2, -0.15) is 8.42 Å². The predicted octanol–water partition coefficient (Wildman–Crippen LogP) is 5.55.